The molecule has 1 aromatic rings. The fraction of sp³-hybridized carbons (Fsp3) is 0.588. The van der Waals surface area contributed by atoms with Gasteiger partial charge in [-0.05, 0) is 49.5 Å². The third-order valence-electron chi connectivity index (χ3n) is 4.33. The molecule has 0 spiro atoms. The third-order valence-corrected chi connectivity index (χ3v) is 5.27. The van der Waals surface area contributed by atoms with E-state index in [2.05, 4.69) is 50.1 Å². The van der Waals surface area contributed by atoms with E-state index >= 15 is 0 Å². The fourth-order valence-electron chi connectivity index (χ4n) is 3.03. The van der Waals surface area contributed by atoms with Gasteiger partial charge < -0.3 is 4.90 Å². The van der Waals surface area contributed by atoms with Crippen LogP contribution in [0, 0.1) is 17.2 Å². The van der Waals surface area contributed by atoms with Crippen molar-refractivity contribution in [2.75, 3.05) is 17.7 Å². The molecule has 0 saturated heterocycles. The normalized spacial score (nSPS) is 22.3. The van der Waals surface area contributed by atoms with Gasteiger partial charge in [0.25, 0.3) is 0 Å². The Morgan fingerprint density at radius 2 is 2.00 bits per heavy atom. The van der Waals surface area contributed by atoms with Crippen LogP contribution < -0.4 is 4.90 Å². The van der Waals surface area contributed by atoms with Crippen molar-refractivity contribution in [3.05, 3.63) is 23.8 Å². The van der Waals surface area contributed by atoms with Gasteiger partial charge in [-0.3, -0.25) is 0 Å². The van der Waals surface area contributed by atoms with E-state index < -0.39 is 0 Å². The van der Waals surface area contributed by atoms with Gasteiger partial charge in [-0.1, -0.05) is 19.9 Å². The lowest BCUT2D eigenvalue weighted by Crippen LogP contribution is -2.35. The van der Waals surface area contributed by atoms with Crippen molar-refractivity contribution in [3.63, 3.8) is 0 Å². The molecule has 1 saturated carbocycles. The molecule has 0 heterocycles. The molecule has 0 aliphatic heterocycles. The van der Waals surface area contributed by atoms with Crippen LogP contribution in [0.15, 0.2) is 23.1 Å². The standard InChI is InChI=1S/C17H24N2S/c1-4-20-17-7-5-6-16(15(17)12-18)19(3)14-10-8-13(2)9-11-14/h5-7,13-14H,4,8-11H2,1-3H3. The van der Waals surface area contributed by atoms with Gasteiger partial charge in [0.2, 0.25) is 0 Å². The minimum Gasteiger partial charge on any atom is -0.371 e. The van der Waals surface area contributed by atoms with Gasteiger partial charge in [0.05, 0.1) is 11.3 Å². The van der Waals surface area contributed by atoms with E-state index in [-0.39, 0.29) is 0 Å². The Hall–Kier alpha value is -1.14. The van der Waals surface area contributed by atoms with Crippen molar-refractivity contribution in [1.29, 1.82) is 5.26 Å². The van der Waals surface area contributed by atoms with Crippen LogP contribution >= 0.6 is 11.8 Å². The first kappa shape index (κ1) is 15.3. The van der Waals surface area contributed by atoms with E-state index in [9.17, 15) is 5.26 Å². The van der Waals surface area contributed by atoms with Gasteiger partial charge in [-0.15, -0.1) is 11.8 Å². The van der Waals surface area contributed by atoms with E-state index in [4.69, 9.17) is 0 Å². The van der Waals surface area contributed by atoms with Crippen LogP contribution in [-0.2, 0) is 0 Å². The van der Waals surface area contributed by atoms with Gasteiger partial charge in [-0.25, -0.2) is 0 Å². The number of anilines is 1. The zero-order valence-corrected chi connectivity index (χ0v) is 13.5. The summed E-state index contributed by atoms with van der Waals surface area (Å²) in [6.07, 6.45) is 5.10. The lowest BCUT2D eigenvalue weighted by molar-refractivity contribution is 0.340. The van der Waals surface area contributed by atoms with Crippen molar-refractivity contribution in [1.82, 2.24) is 0 Å². The SMILES string of the molecule is CCSc1cccc(N(C)C2CCC(C)CC2)c1C#N. The van der Waals surface area contributed by atoms with E-state index in [1.165, 1.54) is 25.7 Å². The predicted molar refractivity (Wildman–Crippen MR) is 87.4 cm³/mol. The van der Waals surface area contributed by atoms with Gasteiger partial charge in [-0.2, -0.15) is 5.26 Å². The molecule has 1 fully saturated rings. The molecular formula is C17H24N2S. The minimum absolute atomic E-state index is 0.583. The first-order valence-electron chi connectivity index (χ1n) is 7.56. The zero-order valence-electron chi connectivity index (χ0n) is 12.7. The van der Waals surface area contributed by atoms with Crippen LogP contribution in [0.2, 0.25) is 0 Å². The maximum atomic E-state index is 9.53. The summed E-state index contributed by atoms with van der Waals surface area (Å²) in [7, 11) is 2.15. The summed E-state index contributed by atoms with van der Waals surface area (Å²) in [5.74, 6) is 1.86. The Morgan fingerprint density at radius 1 is 1.30 bits per heavy atom. The van der Waals surface area contributed by atoms with Crippen LogP contribution in [0.4, 0.5) is 5.69 Å². The molecule has 1 aromatic carbocycles. The summed E-state index contributed by atoms with van der Waals surface area (Å²) in [6, 6.07) is 9.23. The summed E-state index contributed by atoms with van der Waals surface area (Å²) >= 11 is 1.76. The lowest BCUT2D eigenvalue weighted by atomic mass is 9.86. The summed E-state index contributed by atoms with van der Waals surface area (Å²) in [6.45, 7) is 4.47. The highest BCUT2D eigenvalue weighted by atomic mass is 32.2. The largest absolute Gasteiger partial charge is 0.371 e. The van der Waals surface area contributed by atoms with Crippen molar-refractivity contribution < 1.29 is 0 Å². The molecule has 0 aromatic heterocycles. The average Bonchev–Trinajstić information content (AvgIpc) is 2.47. The van der Waals surface area contributed by atoms with Crippen molar-refractivity contribution in [2.45, 2.75) is 50.5 Å². The highest BCUT2D eigenvalue weighted by molar-refractivity contribution is 7.99. The third kappa shape index (κ3) is 3.30. The Balaban J connectivity index is 2.23. The second kappa shape index (κ2) is 7.04. The smallest absolute Gasteiger partial charge is 0.103 e. The monoisotopic (exact) mass is 288 g/mol. The fourth-order valence-corrected chi connectivity index (χ4v) is 3.81. The molecule has 108 valence electrons. The van der Waals surface area contributed by atoms with E-state index in [0.717, 1.165) is 27.8 Å². The molecule has 0 N–H and O–H groups in total. The molecule has 0 amide bonds. The van der Waals surface area contributed by atoms with Crippen LogP contribution in [-0.4, -0.2) is 18.8 Å². The van der Waals surface area contributed by atoms with E-state index in [0.29, 0.717) is 6.04 Å². The van der Waals surface area contributed by atoms with Gasteiger partial charge in [0.15, 0.2) is 0 Å². The van der Waals surface area contributed by atoms with Crippen LogP contribution in [0.1, 0.15) is 45.1 Å². The molecule has 1 aliphatic rings. The van der Waals surface area contributed by atoms with Crippen molar-refractivity contribution in [2.24, 2.45) is 5.92 Å². The maximum absolute atomic E-state index is 9.53. The first-order valence-corrected chi connectivity index (χ1v) is 8.54. The molecule has 0 bridgehead atoms. The molecule has 3 heteroatoms. The summed E-state index contributed by atoms with van der Waals surface area (Å²) in [5, 5.41) is 9.53. The van der Waals surface area contributed by atoms with Crippen molar-refractivity contribution >= 4 is 17.4 Å². The molecule has 20 heavy (non-hydrogen) atoms. The molecular weight excluding hydrogens is 264 g/mol. The number of thioether (sulfide) groups is 1. The molecule has 0 atom stereocenters. The number of hydrogen-bond donors (Lipinski definition) is 0. The van der Waals surface area contributed by atoms with Gasteiger partial charge in [0, 0.05) is 18.0 Å². The van der Waals surface area contributed by atoms with Gasteiger partial charge in [0.1, 0.15) is 6.07 Å². The maximum Gasteiger partial charge on any atom is 0.103 e. The summed E-state index contributed by atoms with van der Waals surface area (Å²) in [4.78, 5) is 3.45. The van der Waals surface area contributed by atoms with E-state index in [1.54, 1.807) is 11.8 Å². The Labute approximate surface area is 127 Å². The number of hydrogen-bond acceptors (Lipinski definition) is 3. The van der Waals surface area contributed by atoms with Crippen LogP contribution in [0.25, 0.3) is 0 Å². The molecule has 2 nitrogen and oxygen atoms in total. The van der Waals surface area contributed by atoms with E-state index in [1.807, 2.05) is 0 Å². The average molecular weight is 288 g/mol. The molecule has 0 radical (unpaired) electrons. The number of nitrogens with zero attached hydrogens (tertiary/aromatic N) is 2. The molecule has 1 aliphatic carbocycles. The predicted octanol–water partition coefficient (Wildman–Crippen LogP) is 4.69. The number of rotatable bonds is 4. The Kier molecular flexibility index (Phi) is 5.37. The zero-order chi connectivity index (χ0) is 14.5. The lowest BCUT2D eigenvalue weighted by Gasteiger charge is -2.35. The molecule has 2 rings (SSSR count). The number of benzene rings is 1. The van der Waals surface area contributed by atoms with Gasteiger partial charge >= 0.3 is 0 Å². The first-order chi connectivity index (χ1) is 9.67. The van der Waals surface area contributed by atoms with Crippen LogP contribution in [0.5, 0.6) is 0 Å². The second-order valence-electron chi connectivity index (χ2n) is 5.72. The summed E-state index contributed by atoms with van der Waals surface area (Å²) in [5.41, 5.74) is 1.95. The highest BCUT2D eigenvalue weighted by Gasteiger charge is 2.23. The Morgan fingerprint density at radius 3 is 2.60 bits per heavy atom. The Bertz CT molecular complexity index is 484. The minimum atomic E-state index is 0.583. The quantitative estimate of drug-likeness (QED) is 0.752. The highest BCUT2D eigenvalue weighted by Crippen LogP contribution is 2.34. The van der Waals surface area contributed by atoms with Crippen molar-refractivity contribution in [3.8, 4) is 6.07 Å². The number of nitriles is 1. The topological polar surface area (TPSA) is 27.0 Å². The second-order valence-corrected chi connectivity index (χ2v) is 7.03. The summed E-state index contributed by atoms with van der Waals surface area (Å²) < 4.78 is 0. The van der Waals surface area contributed by atoms with Crippen LogP contribution in [0.3, 0.4) is 0 Å². The molecule has 0 unspecified atom stereocenters.